The first kappa shape index (κ1) is 7.94. The Morgan fingerprint density at radius 3 is 2.40 bits per heavy atom. The van der Waals surface area contributed by atoms with Crippen LogP contribution in [0.25, 0.3) is 0 Å². The van der Waals surface area contributed by atoms with Crippen LogP contribution in [0.15, 0.2) is 0 Å². The fraction of sp³-hybridized carbons (Fsp3) is 1.00. The Morgan fingerprint density at radius 2 is 1.90 bits per heavy atom. The van der Waals surface area contributed by atoms with Gasteiger partial charge < -0.3 is 20.1 Å². The van der Waals surface area contributed by atoms with Gasteiger partial charge in [-0.15, -0.1) is 0 Å². The Hall–Kier alpha value is -0.160. The first-order valence-electron chi connectivity index (χ1n) is 3.31. The van der Waals surface area contributed by atoms with Crippen LogP contribution in [0.4, 0.5) is 0 Å². The van der Waals surface area contributed by atoms with E-state index in [1.807, 2.05) is 0 Å². The second kappa shape index (κ2) is 2.84. The minimum atomic E-state index is -1.24. The molecule has 0 spiro atoms. The maximum Gasteiger partial charge on any atom is 0.183 e. The molecule has 1 rings (SSSR count). The van der Waals surface area contributed by atoms with Crippen LogP contribution in [0.1, 0.15) is 13.3 Å². The molecule has 1 aliphatic rings. The SMILES string of the molecule is C[C@H]1C[C@@H](O)[C@@H](O)[C@H](O)O1. The fourth-order valence-electron chi connectivity index (χ4n) is 1.04. The minimum Gasteiger partial charge on any atom is -0.390 e. The highest BCUT2D eigenvalue weighted by Gasteiger charge is 2.33. The van der Waals surface area contributed by atoms with Crippen LogP contribution in [-0.2, 0) is 4.74 Å². The lowest BCUT2D eigenvalue weighted by molar-refractivity contribution is -0.242. The molecule has 4 heteroatoms. The number of aliphatic hydroxyl groups is 3. The van der Waals surface area contributed by atoms with Crippen molar-refractivity contribution in [3.63, 3.8) is 0 Å². The fourth-order valence-corrected chi connectivity index (χ4v) is 1.04. The molecule has 0 saturated carbocycles. The molecule has 0 radical (unpaired) electrons. The standard InChI is InChI=1S/C6H12O4/c1-3-2-4(7)5(8)6(9)10-3/h3-9H,2H2,1H3/t3-,4+,5+,6+/m0/s1. The Kier molecular flexibility index (Phi) is 2.25. The van der Waals surface area contributed by atoms with Gasteiger partial charge in [0.15, 0.2) is 6.29 Å². The molecule has 3 N–H and O–H groups in total. The maximum absolute atomic E-state index is 9.03. The molecule has 1 fully saturated rings. The lowest BCUT2D eigenvalue weighted by atomic mass is 10.0. The Bertz CT molecular complexity index is 104. The third kappa shape index (κ3) is 1.46. The zero-order valence-corrected chi connectivity index (χ0v) is 5.77. The van der Waals surface area contributed by atoms with Crippen molar-refractivity contribution >= 4 is 0 Å². The molecule has 1 saturated heterocycles. The minimum absolute atomic E-state index is 0.187. The normalized spacial score (nSPS) is 49.2. The molecule has 0 bridgehead atoms. The van der Waals surface area contributed by atoms with Crippen molar-refractivity contribution < 1.29 is 20.1 Å². The number of rotatable bonds is 0. The summed E-state index contributed by atoms with van der Waals surface area (Å²) in [6.45, 7) is 1.73. The molecule has 0 aromatic rings. The average Bonchev–Trinajstić information content (AvgIpc) is 1.82. The summed E-state index contributed by atoms with van der Waals surface area (Å²) in [6, 6.07) is 0. The summed E-state index contributed by atoms with van der Waals surface area (Å²) in [5, 5.41) is 26.9. The molecular weight excluding hydrogens is 136 g/mol. The van der Waals surface area contributed by atoms with E-state index in [-0.39, 0.29) is 6.10 Å². The third-order valence-electron chi connectivity index (χ3n) is 1.63. The predicted octanol–water partition coefficient (Wildman–Crippen LogP) is -1.16. The van der Waals surface area contributed by atoms with Gasteiger partial charge in [-0.1, -0.05) is 0 Å². The molecule has 1 aliphatic heterocycles. The number of aliphatic hydroxyl groups excluding tert-OH is 3. The quantitative estimate of drug-likeness (QED) is 0.405. The zero-order chi connectivity index (χ0) is 7.72. The van der Waals surface area contributed by atoms with Gasteiger partial charge in [0.25, 0.3) is 0 Å². The van der Waals surface area contributed by atoms with E-state index >= 15 is 0 Å². The molecule has 60 valence electrons. The van der Waals surface area contributed by atoms with Gasteiger partial charge in [0, 0.05) is 6.42 Å². The van der Waals surface area contributed by atoms with Crippen molar-refractivity contribution in [3.05, 3.63) is 0 Å². The summed E-state index contributed by atoms with van der Waals surface area (Å²) >= 11 is 0. The second-order valence-electron chi connectivity index (χ2n) is 2.63. The second-order valence-corrected chi connectivity index (χ2v) is 2.63. The van der Waals surface area contributed by atoms with Crippen LogP contribution >= 0.6 is 0 Å². The van der Waals surface area contributed by atoms with Crippen molar-refractivity contribution in [2.45, 2.75) is 37.9 Å². The van der Waals surface area contributed by atoms with E-state index in [0.717, 1.165) is 0 Å². The van der Waals surface area contributed by atoms with Crippen LogP contribution < -0.4 is 0 Å². The van der Waals surface area contributed by atoms with E-state index in [1.54, 1.807) is 6.92 Å². The van der Waals surface area contributed by atoms with E-state index < -0.39 is 18.5 Å². The van der Waals surface area contributed by atoms with Gasteiger partial charge in [-0.2, -0.15) is 0 Å². The van der Waals surface area contributed by atoms with Crippen molar-refractivity contribution in [2.24, 2.45) is 0 Å². The highest BCUT2D eigenvalue weighted by molar-refractivity contribution is 4.77. The molecule has 0 aliphatic carbocycles. The molecule has 10 heavy (non-hydrogen) atoms. The van der Waals surface area contributed by atoms with Gasteiger partial charge in [0.2, 0.25) is 0 Å². The topological polar surface area (TPSA) is 69.9 Å². The Morgan fingerprint density at radius 1 is 1.30 bits per heavy atom. The van der Waals surface area contributed by atoms with Gasteiger partial charge in [-0.05, 0) is 6.92 Å². The van der Waals surface area contributed by atoms with Crippen molar-refractivity contribution in [1.29, 1.82) is 0 Å². The molecule has 1 heterocycles. The lowest BCUT2D eigenvalue weighted by Crippen LogP contribution is -2.47. The molecule has 0 unspecified atom stereocenters. The molecule has 0 amide bonds. The van der Waals surface area contributed by atoms with Crippen molar-refractivity contribution in [3.8, 4) is 0 Å². The summed E-state index contributed by atoms with van der Waals surface area (Å²) in [5.41, 5.74) is 0. The highest BCUT2D eigenvalue weighted by atomic mass is 16.6. The molecule has 0 aromatic heterocycles. The Balaban J connectivity index is 2.49. The van der Waals surface area contributed by atoms with Gasteiger partial charge >= 0.3 is 0 Å². The monoisotopic (exact) mass is 148 g/mol. The summed E-state index contributed by atoms with van der Waals surface area (Å²) in [4.78, 5) is 0. The van der Waals surface area contributed by atoms with Gasteiger partial charge in [-0.3, -0.25) is 0 Å². The summed E-state index contributed by atoms with van der Waals surface area (Å²) in [7, 11) is 0. The molecule has 4 nitrogen and oxygen atoms in total. The van der Waals surface area contributed by atoms with Crippen LogP contribution in [0.3, 0.4) is 0 Å². The van der Waals surface area contributed by atoms with E-state index in [4.69, 9.17) is 20.1 Å². The van der Waals surface area contributed by atoms with Crippen LogP contribution in [0.5, 0.6) is 0 Å². The van der Waals surface area contributed by atoms with Crippen LogP contribution in [0.2, 0.25) is 0 Å². The maximum atomic E-state index is 9.03. The predicted molar refractivity (Wildman–Crippen MR) is 33.2 cm³/mol. The van der Waals surface area contributed by atoms with E-state index in [0.29, 0.717) is 6.42 Å². The van der Waals surface area contributed by atoms with Gasteiger partial charge in [0.05, 0.1) is 12.2 Å². The van der Waals surface area contributed by atoms with Gasteiger partial charge in [0.1, 0.15) is 6.10 Å². The van der Waals surface area contributed by atoms with Gasteiger partial charge in [-0.25, -0.2) is 0 Å². The first-order valence-corrected chi connectivity index (χ1v) is 3.31. The highest BCUT2D eigenvalue weighted by Crippen LogP contribution is 2.17. The number of hydrogen-bond donors (Lipinski definition) is 3. The van der Waals surface area contributed by atoms with E-state index in [1.165, 1.54) is 0 Å². The average molecular weight is 148 g/mol. The summed E-state index contributed by atoms with van der Waals surface area (Å²) in [6.07, 6.45) is -3.07. The smallest absolute Gasteiger partial charge is 0.183 e. The molecule has 0 aromatic carbocycles. The number of hydrogen-bond acceptors (Lipinski definition) is 4. The van der Waals surface area contributed by atoms with E-state index in [2.05, 4.69) is 0 Å². The first-order chi connectivity index (χ1) is 4.61. The molecular formula is C6H12O4. The van der Waals surface area contributed by atoms with Crippen LogP contribution in [-0.4, -0.2) is 39.9 Å². The molecule has 4 atom stereocenters. The third-order valence-corrected chi connectivity index (χ3v) is 1.63. The lowest BCUT2D eigenvalue weighted by Gasteiger charge is -2.32. The Labute approximate surface area is 59.1 Å². The van der Waals surface area contributed by atoms with Crippen molar-refractivity contribution in [2.75, 3.05) is 0 Å². The van der Waals surface area contributed by atoms with Crippen molar-refractivity contribution in [1.82, 2.24) is 0 Å². The summed E-state index contributed by atoms with van der Waals surface area (Å²) in [5.74, 6) is 0. The van der Waals surface area contributed by atoms with E-state index in [9.17, 15) is 0 Å². The summed E-state index contributed by atoms with van der Waals surface area (Å²) < 4.78 is 4.81. The number of ether oxygens (including phenoxy) is 1. The zero-order valence-electron chi connectivity index (χ0n) is 5.77. The largest absolute Gasteiger partial charge is 0.390 e. The van der Waals surface area contributed by atoms with Crippen LogP contribution in [0, 0.1) is 0 Å².